The van der Waals surface area contributed by atoms with Crippen molar-refractivity contribution in [1.82, 2.24) is 9.97 Å². The highest BCUT2D eigenvalue weighted by atomic mass is 35.5. The highest BCUT2D eigenvalue weighted by Crippen LogP contribution is 2.35. The first-order chi connectivity index (χ1) is 10.6. The standard InChI is InChI=1S/C14H8ClFN4O2/c15-11-7-12-10(6-13(11)20(21)22)14(18-8-17-12)19(16)9-4-2-1-3-5-9/h1-8H. The Morgan fingerprint density at radius 3 is 2.59 bits per heavy atom. The maximum Gasteiger partial charge on any atom is 0.288 e. The van der Waals surface area contributed by atoms with Gasteiger partial charge in [0.1, 0.15) is 11.3 Å². The number of rotatable bonds is 3. The average Bonchev–Trinajstić information content (AvgIpc) is 2.53. The van der Waals surface area contributed by atoms with Crippen LogP contribution in [0.3, 0.4) is 0 Å². The molecule has 0 atom stereocenters. The largest absolute Gasteiger partial charge is 0.288 e. The zero-order valence-corrected chi connectivity index (χ0v) is 11.7. The van der Waals surface area contributed by atoms with E-state index in [4.69, 9.17) is 11.6 Å². The van der Waals surface area contributed by atoms with Gasteiger partial charge in [0.25, 0.3) is 5.69 Å². The van der Waals surface area contributed by atoms with E-state index in [2.05, 4.69) is 9.97 Å². The van der Waals surface area contributed by atoms with E-state index >= 15 is 0 Å². The fraction of sp³-hybridized carbons (Fsp3) is 0. The van der Waals surface area contributed by atoms with E-state index in [1.54, 1.807) is 30.3 Å². The Balaban J connectivity index is 2.21. The lowest BCUT2D eigenvalue weighted by atomic mass is 10.2. The summed E-state index contributed by atoms with van der Waals surface area (Å²) in [6, 6.07) is 10.7. The van der Waals surface area contributed by atoms with Crippen LogP contribution in [-0.4, -0.2) is 14.9 Å². The van der Waals surface area contributed by atoms with E-state index in [1.165, 1.54) is 18.5 Å². The molecule has 8 heteroatoms. The highest BCUT2D eigenvalue weighted by molar-refractivity contribution is 6.33. The number of para-hydroxylation sites is 1. The number of nitro groups is 1. The average molecular weight is 319 g/mol. The van der Waals surface area contributed by atoms with Gasteiger partial charge in [-0.3, -0.25) is 10.1 Å². The molecule has 0 aliphatic carbocycles. The molecule has 0 saturated heterocycles. The molecular formula is C14H8ClFN4O2. The third-order valence-electron chi connectivity index (χ3n) is 3.05. The number of hydrogen-bond donors (Lipinski definition) is 0. The third kappa shape index (κ3) is 2.42. The van der Waals surface area contributed by atoms with Crippen LogP contribution in [0, 0.1) is 10.1 Å². The van der Waals surface area contributed by atoms with Crippen LogP contribution >= 0.6 is 11.6 Å². The maximum absolute atomic E-state index is 14.6. The zero-order valence-electron chi connectivity index (χ0n) is 11.0. The molecule has 2 aromatic carbocycles. The molecule has 0 spiro atoms. The summed E-state index contributed by atoms with van der Waals surface area (Å²) in [5.74, 6) is -0.0871. The quantitative estimate of drug-likeness (QED) is 0.411. The molecule has 0 N–H and O–H groups in total. The van der Waals surface area contributed by atoms with E-state index < -0.39 is 4.92 Å². The molecule has 3 aromatic rings. The lowest BCUT2D eigenvalue weighted by Crippen LogP contribution is -2.07. The number of halogens is 2. The van der Waals surface area contributed by atoms with Gasteiger partial charge in [0.15, 0.2) is 5.82 Å². The molecule has 3 rings (SSSR count). The first-order valence-electron chi connectivity index (χ1n) is 6.17. The Kier molecular flexibility index (Phi) is 3.56. The first-order valence-corrected chi connectivity index (χ1v) is 6.55. The van der Waals surface area contributed by atoms with E-state index in [1.807, 2.05) is 0 Å². The molecule has 0 radical (unpaired) electrons. The minimum atomic E-state index is -0.635. The van der Waals surface area contributed by atoms with Crippen molar-refractivity contribution in [3.63, 3.8) is 0 Å². The Bertz CT molecular complexity index is 860. The monoisotopic (exact) mass is 318 g/mol. The summed E-state index contributed by atoms with van der Waals surface area (Å²) in [4.78, 5) is 18.2. The number of fused-ring (bicyclic) bond motifs is 1. The molecule has 0 unspecified atom stereocenters. The van der Waals surface area contributed by atoms with Gasteiger partial charge in [-0.25, -0.2) is 9.97 Å². The second kappa shape index (κ2) is 5.53. The predicted molar refractivity (Wildman–Crippen MR) is 80.9 cm³/mol. The minimum absolute atomic E-state index is 0.0627. The predicted octanol–water partition coefficient (Wildman–Crippen LogP) is 4.21. The molecule has 0 fully saturated rings. The van der Waals surface area contributed by atoms with Gasteiger partial charge in [0.05, 0.1) is 21.5 Å². The van der Waals surface area contributed by atoms with E-state index in [9.17, 15) is 14.6 Å². The van der Waals surface area contributed by atoms with Crippen LogP contribution in [0.2, 0.25) is 5.02 Å². The lowest BCUT2D eigenvalue weighted by Gasteiger charge is -2.14. The summed E-state index contributed by atoms with van der Waals surface area (Å²) >= 11 is 5.84. The van der Waals surface area contributed by atoms with Crippen molar-refractivity contribution in [2.75, 3.05) is 5.12 Å². The number of nitrogens with zero attached hydrogens (tertiary/aromatic N) is 4. The Hall–Kier alpha value is -2.80. The number of hydrogen-bond acceptors (Lipinski definition) is 5. The van der Waals surface area contributed by atoms with Crippen molar-refractivity contribution in [2.24, 2.45) is 0 Å². The maximum atomic E-state index is 14.6. The SMILES string of the molecule is O=[N+]([O-])c1cc2c(N(F)c3ccccc3)ncnc2cc1Cl. The molecule has 1 heterocycles. The Morgan fingerprint density at radius 2 is 1.91 bits per heavy atom. The number of aromatic nitrogens is 2. The molecule has 1 aromatic heterocycles. The summed E-state index contributed by atoms with van der Waals surface area (Å²) in [6.07, 6.45) is 1.18. The fourth-order valence-electron chi connectivity index (χ4n) is 2.03. The molecule has 0 aliphatic heterocycles. The van der Waals surface area contributed by atoms with Crippen LogP contribution in [0.4, 0.5) is 21.7 Å². The second-order valence-corrected chi connectivity index (χ2v) is 4.80. The van der Waals surface area contributed by atoms with E-state index in [0.29, 0.717) is 10.6 Å². The van der Waals surface area contributed by atoms with Gasteiger partial charge in [-0.15, -0.1) is 0 Å². The first kappa shape index (κ1) is 14.2. The molecule has 0 bridgehead atoms. The van der Waals surface area contributed by atoms with Crippen LogP contribution in [0.5, 0.6) is 0 Å². The second-order valence-electron chi connectivity index (χ2n) is 4.39. The molecular weight excluding hydrogens is 311 g/mol. The van der Waals surface area contributed by atoms with Crippen LogP contribution in [-0.2, 0) is 0 Å². The van der Waals surface area contributed by atoms with Gasteiger partial charge < -0.3 is 0 Å². The minimum Gasteiger partial charge on any atom is -0.258 e. The summed E-state index contributed by atoms with van der Waals surface area (Å²) in [5, 5.41) is 11.5. The highest BCUT2D eigenvalue weighted by Gasteiger charge is 2.19. The van der Waals surface area contributed by atoms with Crippen LogP contribution in [0.15, 0.2) is 48.8 Å². The normalized spacial score (nSPS) is 10.6. The van der Waals surface area contributed by atoms with Gasteiger partial charge in [-0.2, -0.15) is 5.12 Å². The van der Waals surface area contributed by atoms with Crippen molar-refractivity contribution in [2.45, 2.75) is 0 Å². The van der Waals surface area contributed by atoms with Crippen molar-refractivity contribution in [3.8, 4) is 0 Å². The number of benzene rings is 2. The molecule has 0 aliphatic rings. The summed E-state index contributed by atoms with van der Waals surface area (Å²) < 4.78 is 14.6. The summed E-state index contributed by atoms with van der Waals surface area (Å²) in [7, 11) is 0. The fourth-order valence-corrected chi connectivity index (χ4v) is 2.26. The van der Waals surface area contributed by atoms with Gasteiger partial charge in [0, 0.05) is 6.07 Å². The van der Waals surface area contributed by atoms with Crippen molar-refractivity contribution >= 4 is 39.7 Å². The molecule has 6 nitrogen and oxygen atoms in total. The van der Waals surface area contributed by atoms with Gasteiger partial charge in [0.2, 0.25) is 0 Å². The van der Waals surface area contributed by atoms with Gasteiger partial charge in [-0.05, 0) is 18.2 Å². The van der Waals surface area contributed by atoms with Crippen LogP contribution in [0.25, 0.3) is 10.9 Å². The molecule has 0 amide bonds. The van der Waals surface area contributed by atoms with Gasteiger partial charge >= 0.3 is 0 Å². The molecule has 22 heavy (non-hydrogen) atoms. The van der Waals surface area contributed by atoms with E-state index in [-0.39, 0.29) is 27.6 Å². The van der Waals surface area contributed by atoms with Crippen LogP contribution < -0.4 is 5.12 Å². The topological polar surface area (TPSA) is 72.2 Å². The summed E-state index contributed by atoms with van der Waals surface area (Å²) in [5.41, 5.74) is 0.242. The smallest absolute Gasteiger partial charge is 0.258 e. The van der Waals surface area contributed by atoms with Gasteiger partial charge in [-0.1, -0.05) is 34.3 Å². The molecule has 0 saturated carbocycles. The summed E-state index contributed by atoms with van der Waals surface area (Å²) in [6.45, 7) is 0. The van der Waals surface area contributed by atoms with Crippen molar-refractivity contribution < 1.29 is 9.40 Å². The Morgan fingerprint density at radius 1 is 1.18 bits per heavy atom. The van der Waals surface area contributed by atoms with E-state index in [0.717, 1.165) is 0 Å². The molecule has 110 valence electrons. The number of anilines is 2. The lowest BCUT2D eigenvalue weighted by molar-refractivity contribution is -0.384. The van der Waals surface area contributed by atoms with Crippen LogP contribution in [0.1, 0.15) is 0 Å². The van der Waals surface area contributed by atoms with Crippen molar-refractivity contribution in [3.05, 3.63) is 63.9 Å². The zero-order chi connectivity index (χ0) is 15.7. The third-order valence-corrected chi connectivity index (χ3v) is 3.35. The number of nitro benzene ring substituents is 1. The Labute approximate surface area is 128 Å². The van der Waals surface area contributed by atoms with Crippen molar-refractivity contribution in [1.29, 1.82) is 0 Å².